The van der Waals surface area contributed by atoms with E-state index in [9.17, 15) is 9.59 Å². The second-order valence-electron chi connectivity index (χ2n) is 4.50. The number of halogens is 2. The number of aldehydes is 1. The molecule has 2 aromatic carbocycles. The number of carbonyl (C=O) groups excluding carboxylic acids is 2. The lowest BCUT2D eigenvalue weighted by Gasteiger charge is -2.13. The maximum Gasteiger partial charge on any atom is 0.262 e. The van der Waals surface area contributed by atoms with Gasteiger partial charge in [0.05, 0.1) is 11.6 Å². The predicted octanol–water partition coefficient (Wildman–Crippen LogP) is 3.94. The number of carbonyl (C=O) groups is 2. The molecule has 2 rings (SSSR count). The van der Waals surface area contributed by atoms with Crippen LogP contribution < -0.4 is 14.8 Å². The third kappa shape index (κ3) is 4.71. The first-order valence-electron chi connectivity index (χ1n) is 6.54. The summed E-state index contributed by atoms with van der Waals surface area (Å²) in [6.45, 7) is -0.210. The molecule has 0 saturated heterocycles. The van der Waals surface area contributed by atoms with Crippen molar-refractivity contribution in [2.45, 2.75) is 0 Å². The number of methoxy groups -OCH3 is 1. The van der Waals surface area contributed by atoms with Crippen LogP contribution in [0.25, 0.3) is 0 Å². The summed E-state index contributed by atoms with van der Waals surface area (Å²) in [5.41, 5.74) is 1.05. The summed E-state index contributed by atoms with van der Waals surface area (Å²) in [6.07, 6.45) is 0.699. The summed E-state index contributed by atoms with van der Waals surface area (Å²) in [7, 11) is 1.46. The maximum absolute atomic E-state index is 11.9. The molecule has 5 nitrogen and oxygen atoms in total. The van der Waals surface area contributed by atoms with Gasteiger partial charge in [0.25, 0.3) is 5.91 Å². The molecule has 0 saturated carbocycles. The highest BCUT2D eigenvalue weighted by molar-refractivity contribution is 9.10. The van der Waals surface area contributed by atoms with Gasteiger partial charge in [-0.2, -0.15) is 0 Å². The van der Waals surface area contributed by atoms with Crippen LogP contribution >= 0.6 is 27.5 Å². The van der Waals surface area contributed by atoms with Gasteiger partial charge in [0.15, 0.2) is 18.1 Å². The first kappa shape index (κ1) is 17.3. The molecule has 0 heterocycles. The highest BCUT2D eigenvalue weighted by Gasteiger charge is 2.13. The molecule has 1 N–H and O–H groups in total. The molecule has 0 unspecified atom stereocenters. The van der Waals surface area contributed by atoms with E-state index in [-0.39, 0.29) is 12.5 Å². The van der Waals surface area contributed by atoms with Gasteiger partial charge in [0, 0.05) is 16.3 Å². The first-order chi connectivity index (χ1) is 11.0. The van der Waals surface area contributed by atoms with Gasteiger partial charge in [0.1, 0.15) is 6.29 Å². The van der Waals surface area contributed by atoms with Crippen LogP contribution in [0.4, 0.5) is 5.69 Å². The quantitative estimate of drug-likeness (QED) is 0.749. The zero-order chi connectivity index (χ0) is 16.8. The number of ether oxygens (including phenoxy) is 2. The van der Waals surface area contributed by atoms with Crippen molar-refractivity contribution in [3.8, 4) is 11.5 Å². The van der Waals surface area contributed by atoms with Crippen LogP contribution in [0.1, 0.15) is 10.4 Å². The molecular weight excluding hydrogens is 386 g/mol. The lowest BCUT2D eigenvalue weighted by molar-refractivity contribution is -0.118. The van der Waals surface area contributed by atoms with Crippen molar-refractivity contribution in [3.05, 3.63) is 51.5 Å². The molecule has 0 atom stereocenters. The highest BCUT2D eigenvalue weighted by Crippen LogP contribution is 2.36. The molecule has 0 bridgehead atoms. The van der Waals surface area contributed by atoms with Gasteiger partial charge in [-0.3, -0.25) is 9.59 Å². The summed E-state index contributed by atoms with van der Waals surface area (Å²) in [4.78, 5) is 22.8. The van der Waals surface area contributed by atoms with Crippen LogP contribution in [0.3, 0.4) is 0 Å². The monoisotopic (exact) mass is 397 g/mol. The normalized spacial score (nSPS) is 10.0. The van der Waals surface area contributed by atoms with E-state index in [1.165, 1.54) is 13.2 Å². The van der Waals surface area contributed by atoms with Gasteiger partial charge >= 0.3 is 0 Å². The molecule has 0 fully saturated rings. The number of amides is 1. The van der Waals surface area contributed by atoms with Crippen molar-refractivity contribution in [1.29, 1.82) is 0 Å². The highest BCUT2D eigenvalue weighted by atomic mass is 79.9. The average molecular weight is 399 g/mol. The van der Waals surface area contributed by atoms with Crippen molar-refractivity contribution in [2.75, 3.05) is 19.0 Å². The Labute approximate surface area is 146 Å². The van der Waals surface area contributed by atoms with E-state index in [0.29, 0.717) is 38.5 Å². The SMILES string of the molecule is COc1cc(C=O)cc(Br)c1OCC(=O)Nc1ccc(Cl)cc1. The molecule has 1 amide bonds. The minimum absolute atomic E-state index is 0.210. The molecule has 0 radical (unpaired) electrons. The molecule has 23 heavy (non-hydrogen) atoms. The van der Waals surface area contributed by atoms with E-state index in [1.54, 1.807) is 30.3 Å². The Morgan fingerprint density at radius 2 is 2.00 bits per heavy atom. The number of hydrogen-bond donors (Lipinski definition) is 1. The number of rotatable bonds is 6. The Morgan fingerprint density at radius 1 is 1.30 bits per heavy atom. The molecule has 0 aromatic heterocycles. The summed E-state index contributed by atoms with van der Waals surface area (Å²) < 4.78 is 11.2. The van der Waals surface area contributed by atoms with Crippen molar-refractivity contribution < 1.29 is 19.1 Å². The molecule has 0 aliphatic heterocycles. The average Bonchev–Trinajstić information content (AvgIpc) is 2.55. The molecule has 2 aromatic rings. The number of nitrogens with one attached hydrogen (secondary N) is 1. The molecule has 0 spiro atoms. The van der Waals surface area contributed by atoms with Gasteiger partial charge in [-0.05, 0) is 52.3 Å². The fourth-order valence-electron chi connectivity index (χ4n) is 1.82. The first-order valence-corrected chi connectivity index (χ1v) is 7.71. The van der Waals surface area contributed by atoms with Crippen molar-refractivity contribution in [3.63, 3.8) is 0 Å². The maximum atomic E-state index is 11.9. The van der Waals surface area contributed by atoms with Crippen LogP contribution in [0.5, 0.6) is 11.5 Å². The van der Waals surface area contributed by atoms with Gasteiger partial charge < -0.3 is 14.8 Å². The summed E-state index contributed by atoms with van der Waals surface area (Å²) in [5, 5.41) is 3.27. The zero-order valence-electron chi connectivity index (χ0n) is 12.1. The summed E-state index contributed by atoms with van der Waals surface area (Å²) in [6, 6.07) is 9.85. The molecular formula is C16H13BrClNO4. The molecule has 120 valence electrons. The minimum Gasteiger partial charge on any atom is -0.493 e. The Hall–Kier alpha value is -2.05. The lowest BCUT2D eigenvalue weighted by Crippen LogP contribution is -2.20. The molecule has 0 aliphatic carbocycles. The number of anilines is 1. The van der Waals surface area contributed by atoms with Crippen molar-refractivity contribution in [1.82, 2.24) is 0 Å². The van der Waals surface area contributed by atoms with E-state index in [4.69, 9.17) is 21.1 Å². The fourth-order valence-corrected chi connectivity index (χ4v) is 2.52. The molecule has 7 heteroatoms. The standard InChI is InChI=1S/C16H13BrClNO4/c1-22-14-7-10(8-20)6-13(17)16(14)23-9-15(21)19-12-4-2-11(18)3-5-12/h2-8H,9H2,1H3,(H,19,21). The summed E-state index contributed by atoms with van der Waals surface area (Å²) >= 11 is 9.08. The Balaban J connectivity index is 2.04. The molecule has 0 aliphatic rings. The van der Waals surface area contributed by atoms with Crippen molar-refractivity contribution >= 4 is 45.4 Å². The van der Waals surface area contributed by atoms with Gasteiger partial charge in [-0.1, -0.05) is 11.6 Å². The minimum atomic E-state index is -0.333. The topological polar surface area (TPSA) is 64.6 Å². The van der Waals surface area contributed by atoms with Gasteiger partial charge in [-0.25, -0.2) is 0 Å². The Morgan fingerprint density at radius 3 is 2.61 bits per heavy atom. The third-order valence-electron chi connectivity index (χ3n) is 2.86. The van der Waals surface area contributed by atoms with E-state index >= 15 is 0 Å². The Kier molecular flexibility index (Phi) is 6.01. The van der Waals surface area contributed by atoms with E-state index in [0.717, 1.165) is 0 Å². The van der Waals surface area contributed by atoms with Gasteiger partial charge in [-0.15, -0.1) is 0 Å². The largest absolute Gasteiger partial charge is 0.493 e. The van der Waals surface area contributed by atoms with Crippen LogP contribution in [0.2, 0.25) is 5.02 Å². The third-order valence-corrected chi connectivity index (χ3v) is 3.70. The second-order valence-corrected chi connectivity index (χ2v) is 5.79. The fraction of sp³-hybridized carbons (Fsp3) is 0.125. The van der Waals surface area contributed by atoms with Crippen LogP contribution in [-0.4, -0.2) is 25.9 Å². The Bertz CT molecular complexity index is 719. The smallest absolute Gasteiger partial charge is 0.262 e. The van der Waals surface area contributed by atoms with Crippen molar-refractivity contribution in [2.24, 2.45) is 0 Å². The zero-order valence-corrected chi connectivity index (χ0v) is 14.5. The van der Waals surface area contributed by atoms with Crippen LogP contribution in [0, 0.1) is 0 Å². The van der Waals surface area contributed by atoms with Gasteiger partial charge in [0.2, 0.25) is 0 Å². The second kappa shape index (κ2) is 7.99. The predicted molar refractivity (Wildman–Crippen MR) is 91.7 cm³/mol. The number of hydrogen-bond acceptors (Lipinski definition) is 4. The lowest BCUT2D eigenvalue weighted by atomic mass is 10.2. The summed E-state index contributed by atoms with van der Waals surface area (Å²) in [5.74, 6) is 0.380. The number of benzene rings is 2. The van der Waals surface area contributed by atoms with E-state index in [1.807, 2.05) is 0 Å². The van der Waals surface area contributed by atoms with Crippen LogP contribution in [-0.2, 0) is 4.79 Å². The van der Waals surface area contributed by atoms with E-state index < -0.39 is 0 Å². The van der Waals surface area contributed by atoms with Crippen LogP contribution in [0.15, 0.2) is 40.9 Å². The van der Waals surface area contributed by atoms with E-state index in [2.05, 4.69) is 21.2 Å².